The topological polar surface area (TPSA) is 0 Å². The van der Waals surface area contributed by atoms with Crippen LogP contribution >= 0.6 is 23.2 Å². The zero-order valence-electron chi connectivity index (χ0n) is 7.28. The second kappa shape index (κ2) is 9.20. The van der Waals surface area contributed by atoms with Gasteiger partial charge in [0.1, 0.15) is 4.84 Å². The number of rotatable bonds is 7. The number of hydrogen-bond donors (Lipinski definition) is 0. The summed E-state index contributed by atoms with van der Waals surface area (Å²) in [5, 5.41) is 2.93. The van der Waals surface area contributed by atoms with Crippen LogP contribution in [0.3, 0.4) is 0 Å². The fourth-order valence-electron chi connectivity index (χ4n) is 1.08. The molecular formula is C8H17AlCl2. The predicted octanol–water partition coefficient (Wildman–Crippen LogP) is 3.64. The molecular weight excluding hydrogens is 194 g/mol. The van der Waals surface area contributed by atoms with Crippen LogP contribution in [0.15, 0.2) is 0 Å². The van der Waals surface area contributed by atoms with Gasteiger partial charge in [0.2, 0.25) is 15.2 Å². The Morgan fingerprint density at radius 1 is 1.18 bits per heavy atom. The van der Waals surface area contributed by atoms with E-state index in [4.69, 9.17) is 23.2 Å². The van der Waals surface area contributed by atoms with E-state index in [2.05, 4.69) is 6.92 Å². The summed E-state index contributed by atoms with van der Waals surface area (Å²) < 4.78 is 0. The summed E-state index contributed by atoms with van der Waals surface area (Å²) in [6.07, 6.45) is 5.01. The molecule has 66 valence electrons. The molecule has 3 heteroatoms. The minimum atomic E-state index is -0.129. The molecule has 0 saturated heterocycles. The maximum absolute atomic E-state index is 5.60. The summed E-state index contributed by atoms with van der Waals surface area (Å²) in [4.78, 5) is -0.129. The van der Waals surface area contributed by atoms with Gasteiger partial charge in [-0.3, -0.25) is 0 Å². The van der Waals surface area contributed by atoms with Gasteiger partial charge in [0.15, 0.2) is 0 Å². The van der Waals surface area contributed by atoms with Crippen molar-refractivity contribution in [1.82, 2.24) is 0 Å². The van der Waals surface area contributed by atoms with Crippen LogP contribution in [0.1, 0.15) is 32.6 Å². The lowest BCUT2D eigenvalue weighted by Gasteiger charge is -1.98. The fourth-order valence-corrected chi connectivity index (χ4v) is 3.24. The van der Waals surface area contributed by atoms with Crippen LogP contribution in [0, 0.1) is 0 Å². The van der Waals surface area contributed by atoms with Crippen molar-refractivity contribution < 1.29 is 0 Å². The van der Waals surface area contributed by atoms with Crippen molar-refractivity contribution in [3.8, 4) is 0 Å². The van der Waals surface area contributed by atoms with Crippen molar-refractivity contribution in [2.75, 3.05) is 0 Å². The monoisotopic (exact) mass is 210 g/mol. The molecule has 0 aromatic rings. The predicted molar refractivity (Wildman–Crippen MR) is 56.4 cm³/mol. The van der Waals surface area contributed by atoms with E-state index in [0.717, 1.165) is 6.42 Å². The van der Waals surface area contributed by atoms with Gasteiger partial charge in [-0.2, -0.15) is 0 Å². The van der Waals surface area contributed by atoms with Crippen molar-refractivity contribution in [2.45, 2.75) is 48.0 Å². The Labute approximate surface area is 86.4 Å². The van der Waals surface area contributed by atoms with Crippen molar-refractivity contribution in [1.29, 1.82) is 0 Å². The highest BCUT2D eigenvalue weighted by molar-refractivity contribution is 6.44. The third-order valence-corrected chi connectivity index (χ3v) is 4.21. The number of hydrogen-bond acceptors (Lipinski definition) is 0. The molecule has 0 aliphatic carbocycles. The smallest absolute Gasteiger partial charge is 0.105 e. The van der Waals surface area contributed by atoms with Crippen molar-refractivity contribution in [3.63, 3.8) is 0 Å². The SMILES string of the molecule is CCC[CH2][AlH][CH2]CCC(Cl)Cl. The van der Waals surface area contributed by atoms with Gasteiger partial charge in [-0.15, -0.1) is 23.2 Å². The number of unbranched alkanes of at least 4 members (excludes halogenated alkanes) is 1. The van der Waals surface area contributed by atoms with Crippen LogP contribution in [0.4, 0.5) is 0 Å². The van der Waals surface area contributed by atoms with Crippen LogP contribution in [0.25, 0.3) is 0 Å². The van der Waals surface area contributed by atoms with Gasteiger partial charge in [0.25, 0.3) is 0 Å². The highest BCUT2D eigenvalue weighted by Crippen LogP contribution is 2.11. The summed E-state index contributed by atoms with van der Waals surface area (Å²) >= 11 is 11.4. The Bertz CT molecular complexity index is 76.5. The van der Waals surface area contributed by atoms with Gasteiger partial charge < -0.3 is 0 Å². The summed E-state index contributed by atoms with van der Waals surface area (Å²) in [6, 6.07) is 0. The zero-order valence-corrected chi connectivity index (χ0v) is 10.2. The largest absolute Gasteiger partial charge is 0.236 e. The van der Waals surface area contributed by atoms with Crippen LogP contribution in [-0.2, 0) is 0 Å². The molecule has 0 N–H and O–H groups in total. The molecule has 0 amide bonds. The van der Waals surface area contributed by atoms with Crippen LogP contribution < -0.4 is 0 Å². The van der Waals surface area contributed by atoms with Crippen LogP contribution in [0.2, 0.25) is 10.6 Å². The Balaban J connectivity index is 2.80. The minimum Gasteiger partial charge on any atom is -0.105 e. The maximum Gasteiger partial charge on any atom is 0.236 e. The van der Waals surface area contributed by atoms with Gasteiger partial charge >= 0.3 is 0 Å². The van der Waals surface area contributed by atoms with Crippen LogP contribution in [-0.4, -0.2) is 20.1 Å². The molecule has 0 unspecified atom stereocenters. The number of halogens is 2. The van der Waals surface area contributed by atoms with E-state index in [1.165, 1.54) is 29.8 Å². The molecule has 0 saturated carbocycles. The van der Waals surface area contributed by atoms with Gasteiger partial charge in [-0.25, -0.2) is 0 Å². The minimum absolute atomic E-state index is 0.129. The van der Waals surface area contributed by atoms with E-state index >= 15 is 0 Å². The molecule has 0 aliphatic heterocycles. The van der Waals surface area contributed by atoms with E-state index < -0.39 is 0 Å². The molecule has 0 fully saturated rings. The first-order chi connectivity index (χ1) is 5.27. The molecule has 0 aliphatic rings. The van der Waals surface area contributed by atoms with Gasteiger partial charge in [-0.1, -0.05) is 36.8 Å². The first-order valence-corrected chi connectivity index (χ1v) is 7.42. The average Bonchev–Trinajstić information content (AvgIpc) is 1.96. The molecule has 0 atom stereocenters. The highest BCUT2D eigenvalue weighted by Gasteiger charge is 1.98. The van der Waals surface area contributed by atoms with E-state index in [1.807, 2.05) is 0 Å². The van der Waals surface area contributed by atoms with Crippen molar-refractivity contribution >= 4 is 38.4 Å². The van der Waals surface area contributed by atoms with Gasteiger partial charge in [0, 0.05) is 0 Å². The van der Waals surface area contributed by atoms with Gasteiger partial charge in [0.05, 0.1) is 0 Å². The summed E-state index contributed by atoms with van der Waals surface area (Å²) in [6.45, 7) is 2.25. The fraction of sp³-hybridized carbons (Fsp3) is 1.00. The first-order valence-electron chi connectivity index (χ1n) is 4.55. The Kier molecular flexibility index (Phi) is 10.1. The summed E-state index contributed by atoms with van der Waals surface area (Å²) in [5.74, 6) is 0. The molecule has 0 radical (unpaired) electrons. The normalized spacial score (nSPS) is 10.5. The molecule has 0 bridgehead atoms. The maximum atomic E-state index is 5.60. The molecule has 0 rings (SSSR count). The summed E-state index contributed by atoms with van der Waals surface area (Å²) in [5.41, 5.74) is 0. The molecule has 0 heterocycles. The molecule has 0 aromatic heterocycles. The van der Waals surface area contributed by atoms with Crippen molar-refractivity contribution in [3.05, 3.63) is 0 Å². The van der Waals surface area contributed by atoms with E-state index in [0.29, 0.717) is 0 Å². The van der Waals surface area contributed by atoms with E-state index in [9.17, 15) is 0 Å². The third kappa shape index (κ3) is 11.1. The van der Waals surface area contributed by atoms with Crippen molar-refractivity contribution in [2.24, 2.45) is 0 Å². The average molecular weight is 211 g/mol. The van der Waals surface area contributed by atoms with E-state index in [-0.39, 0.29) is 20.1 Å². The van der Waals surface area contributed by atoms with Crippen LogP contribution in [0.5, 0.6) is 0 Å². The Morgan fingerprint density at radius 3 is 2.36 bits per heavy atom. The Hall–Kier alpha value is 1.11. The standard InChI is InChI=1S/C4H7Cl2.C4H9.Al.H/c1-2-3-4(5)6;1-3-4-2;;/h4H,1-3H2;1,3-4H2,2H3;;. The molecule has 0 nitrogen and oxygen atoms in total. The third-order valence-electron chi connectivity index (χ3n) is 1.78. The van der Waals surface area contributed by atoms with Gasteiger partial charge in [-0.05, 0) is 6.42 Å². The van der Waals surface area contributed by atoms with E-state index in [1.54, 1.807) is 0 Å². The first kappa shape index (κ1) is 12.1. The second-order valence-corrected chi connectivity index (χ2v) is 6.35. The lowest BCUT2D eigenvalue weighted by Crippen LogP contribution is -1.92. The quantitative estimate of drug-likeness (QED) is 0.342. The lowest BCUT2D eigenvalue weighted by atomic mass is 10.4. The zero-order chi connectivity index (χ0) is 8.53. The second-order valence-electron chi connectivity index (χ2n) is 2.95. The molecule has 11 heavy (non-hydrogen) atoms. The molecule has 0 spiro atoms. The lowest BCUT2D eigenvalue weighted by molar-refractivity contribution is 0.837. The number of alkyl halides is 2. The highest BCUT2D eigenvalue weighted by atomic mass is 35.5. The Morgan fingerprint density at radius 2 is 1.82 bits per heavy atom. The molecule has 0 aromatic carbocycles. The summed E-state index contributed by atoms with van der Waals surface area (Å²) in [7, 11) is 0.